The summed E-state index contributed by atoms with van der Waals surface area (Å²) in [4.78, 5) is 12.2. The quantitative estimate of drug-likeness (QED) is 0.874. The Labute approximate surface area is 115 Å². The lowest BCUT2D eigenvalue weighted by Gasteiger charge is -2.22. The van der Waals surface area contributed by atoms with Gasteiger partial charge in [0.15, 0.2) is 0 Å². The van der Waals surface area contributed by atoms with E-state index < -0.39 is 6.04 Å². The van der Waals surface area contributed by atoms with Crippen LogP contribution in [0.3, 0.4) is 0 Å². The number of hydrogen-bond acceptors (Lipinski definition) is 2. The standard InChI is InChI=1S/C16H24N2O/c1-11-7-9-14(10-8-11)15(17)16(19)18-12(2)13-5-3-4-6-13/h7-10,12-13,15H,3-6,17H2,1-2H3,(H,18,19). The summed E-state index contributed by atoms with van der Waals surface area (Å²) in [5.41, 5.74) is 8.08. The van der Waals surface area contributed by atoms with E-state index in [9.17, 15) is 4.79 Å². The highest BCUT2D eigenvalue weighted by molar-refractivity contribution is 5.83. The first kappa shape index (κ1) is 14.1. The molecule has 1 fully saturated rings. The summed E-state index contributed by atoms with van der Waals surface area (Å²) in [7, 11) is 0. The largest absolute Gasteiger partial charge is 0.352 e. The predicted octanol–water partition coefficient (Wildman–Crippen LogP) is 2.69. The number of rotatable bonds is 4. The molecule has 19 heavy (non-hydrogen) atoms. The second kappa shape index (κ2) is 6.20. The average Bonchev–Trinajstić information content (AvgIpc) is 2.92. The summed E-state index contributed by atoms with van der Waals surface area (Å²) < 4.78 is 0. The van der Waals surface area contributed by atoms with Gasteiger partial charge in [-0.2, -0.15) is 0 Å². The molecular formula is C16H24N2O. The smallest absolute Gasteiger partial charge is 0.241 e. The van der Waals surface area contributed by atoms with E-state index in [2.05, 4.69) is 12.2 Å². The molecule has 1 amide bonds. The van der Waals surface area contributed by atoms with Crippen LogP contribution >= 0.6 is 0 Å². The lowest BCUT2D eigenvalue weighted by atomic mass is 9.98. The molecule has 0 aromatic heterocycles. The average molecular weight is 260 g/mol. The van der Waals surface area contributed by atoms with Crippen LogP contribution in [0.2, 0.25) is 0 Å². The van der Waals surface area contributed by atoms with Crippen molar-refractivity contribution < 1.29 is 4.79 Å². The fraction of sp³-hybridized carbons (Fsp3) is 0.562. The lowest BCUT2D eigenvalue weighted by molar-refractivity contribution is -0.123. The van der Waals surface area contributed by atoms with Gasteiger partial charge in [0.1, 0.15) is 6.04 Å². The predicted molar refractivity (Wildman–Crippen MR) is 77.7 cm³/mol. The Morgan fingerprint density at radius 1 is 1.26 bits per heavy atom. The number of nitrogens with one attached hydrogen (secondary N) is 1. The number of aryl methyl sites for hydroxylation is 1. The molecule has 0 radical (unpaired) electrons. The third-order valence-electron chi connectivity index (χ3n) is 4.20. The molecule has 0 heterocycles. The molecule has 3 heteroatoms. The highest BCUT2D eigenvalue weighted by Crippen LogP contribution is 2.27. The number of benzene rings is 1. The molecule has 104 valence electrons. The van der Waals surface area contributed by atoms with Crippen molar-refractivity contribution >= 4 is 5.91 Å². The van der Waals surface area contributed by atoms with Crippen LogP contribution in [-0.2, 0) is 4.79 Å². The zero-order chi connectivity index (χ0) is 13.8. The molecule has 2 rings (SSSR count). The van der Waals surface area contributed by atoms with Gasteiger partial charge < -0.3 is 11.1 Å². The number of nitrogens with two attached hydrogens (primary N) is 1. The van der Waals surface area contributed by atoms with E-state index in [1.165, 1.54) is 31.2 Å². The van der Waals surface area contributed by atoms with Crippen LogP contribution < -0.4 is 11.1 Å². The Morgan fingerprint density at radius 3 is 2.42 bits per heavy atom. The van der Waals surface area contributed by atoms with Crippen molar-refractivity contribution in [2.24, 2.45) is 11.7 Å². The number of carbonyl (C=O) groups is 1. The van der Waals surface area contributed by atoms with Gasteiger partial charge in [0.2, 0.25) is 5.91 Å². The van der Waals surface area contributed by atoms with Gasteiger partial charge in [0, 0.05) is 6.04 Å². The second-order valence-electron chi connectivity index (χ2n) is 5.73. The highest BCUT2D eigenvalue weighted by Gasteiger charge is 2.25. The molecular weight excluding hydrogens is 236 g/mol. The summed E-state index contributed by atoms with van der Waals surface area (Å²) in [6.45, 7) is 4.12. The fourth-order valence-corrected chi connectivity index (χ4v) is 2.81. The molecule has 2 atom stereocenters. The van der Waals surface area contributed by atoms with Crippen LogP contribution in [0.1, 0.15) is 49.8 Å². The lowest BCUT2D eigenvalue weighted by Crippen LogP contribution is -2.42. The molecule has 0 spiro atoms. The van der Waals surface area contributed by atoms with E-state index in [-0.39, 0.29) is 11.9 Å². The van der Waals surface area contributed by atoms with E-state index in [0.717, 1.165) is 5.56 Å². The van der Waals surface area contributed by atoms with Gasteiger partial charge in [0.05, 0.1) is 0 Å². The van der Waals surface area contributed by atoms with Crippen molar-refractivity contribution in [3.05, 3.63) is 35.4 Å². The Kier molecular flexibility index (Phi) is 4.59. The van der Waals surface area contributed by atoms with Gasteiger partial charge in [0.25, 0.3) is 0 Å². The van der Waals surface area contributed by atoms with Gasteiger partial charge in [-0.1, -0.05) is 42.7 Å². The maximum Gasteiger partial charge on any atom is 0.241 e. The van der Waals surface area contributed by atoms with Gasteiger partial charge in [-0.25, -0.2) is 0 Å². The normalized spacial score (nSPS) is 19.1. The zero-order valence-corrected chi connectivity index (χ0v) is 11.9. The van der Waals surface area contributed by atoms with E-state index >= 15 is 0 Å². The Bertz CT molecular complexity index is 421. The molecule has 1 aliphatic carbocycles. The molecule has 0 bridgehead atoms. The maximum atomic E-state index is 12.2. The van der Waals surface area contributed by atoms with Crippen molar-refractivity contribution in [1.29, 1.82) is 0 Å². The topological polar surface area (TPSA) is 55.1 Å². The van der Waals surface area contributed by atoms with Crippen molar-refractivity contribution in [1.82, 2.24) is 5.32 Å². The summed E-state index contributed by atoms with van der Waals surface area (Å²) in [6, 6.07) is 7.50. The fourth-order valence-electron chi connectivity index (χ4n) is 2.81. The van der Waals surface area contributed by atoms with Crippen molar-refractivity contribution in [3.8, 4) is 0 Å². The Morgan fingerprint density at radius 2 is 1.84 bits per heavy atom. The Balaban J connectivity index is 1.93. The SMILES string of the molecule is Cc1ccc(C(N)C(=O)NC(C)C2CCCC2)cc1. The van der Waals surface area contributed by atoms with Crippen LogP contribution in [0.25, 0.3) is 0 Å². The van der Waals surface area contributed by atoms with E-state index in [0.29, 0.717) is 5.92 Å². The molecule has 1 aliphatic rings. The third-order valence-corrected chi connectivity index (χ3v) is 4.20. The molecule has 1 saturated carbocycles. The van der Waals surface area contributed by atoms with Crippen LogP contribution in [0, 0.1) is 12.8 Å². The molecule has 1 aromatic carbocycles. The van der Waals surface area contributed by atoms with Gasteiger partial charge in [-0.15, -0.1) is 0 Å². The van der Waals surface area contributed by atoms with Gasteiger partial charge in [-0.05, 0) is 38.2 Å². The first-order chi connectivity index (χ1) is 9.08. The van der Waals surface area contributed by atoms with E-state index in [1.54, 1.807) is 0 Å². The molecule has 3 N–H and O–H groups in total. The van der Waals surface area contributed by atoms with E-state index in [4.69, 9.17) is 5.73 Å². The zero-order valence-electron chi connectivity index (χ0n) is 11.9. The third kappa shape index (κ3) is 3.57. The molecule has 3 nitrogen and oxygen atoms in total. The molecule has 2 unspecified atom stereocenters. The first-order valence-corrected chi connectivity index (χ1v) is 7.20. The van der Waals surface area contributed by atoms with Crippen LogP contribution in [0.15, 0.2) is 24.3 Å². The number of amides is 1. The van der Waals surface area contributed by atoms with Crippen LogP contribution in [0.4, 0.5) is 0 Å². The number of carbonyl (C=O) groups excluding carboxylic acids is 1. The summed E-state index contributed by atoms with van der Waals surface area (Å²) >= 11 is 0. The minimum absolute atomic E-state index is 0.0664. The van der Waals surface area contributed by atoms with Crippen LogP contribution in [0.5, 0.6) is 0 Å². The van der Waals surface area contributed by atoms with Crippen molar-refractivity contribution in [2.45, 2.75) is 51.6 Å². The maximum absolute atomic E-state index is 12.2. The monoisotopic (exact) mass is 260 g/mol. The second-order valence-corrected chi connectivity index (χ2v) is 5.73. The van der Waals surface area contributed by atoms with Crippen molar-refractivity contribution in [2.75, 3.05) is 0 Å². The minimum atomic E-state index is -0.565. The number of hydrogen-bond donors (Lipinski definition) is 2. The first-order valence-electron chi connectivity index (χ1n) is 7.20. The molecule has 0 aliphatic heterocycles. The summed E-state index contributed by atoms with van der Waals surface area (Å²) in [5.74, 6) is 0.553. The minimum Gasteiger partial charge on any atom is -0.352 e. The Hall–Kier alpha value is -1.35. The summed E-state index contributed by atoms with van der Waals surface area (Å²) in [5, 5.41) is 3.07. The summed E-state index contributed by atoms with van der Waals surface area (Å²) in [6.07, 6.45) is 5.02. The van der Waals surface area contributed by atoms with Gasteiger partial charge >= 0.3 is 0 Å². The van der Waals surface area contributed by atoms with E-state index in [1.807, 2.05) is 31.2 Å². The van der Waals surface area contributed by atoms with Crippen LogP contribution in [-0.4, -0.2) is 11.9 Å². The van der Waals surface area contributed by atoms with Gasteiger partial charge in [-0.3, -0.25) is 4.79 Å². The van der Waals surface area contributed by atoms with Crippen molar-refractivity contribution in [3.63, 3.8) is 0 Å². The molecule has 0 saturated heterocycles. The highest BCUT2D eigenvalue weighted by atomic mass is 16.2. The molecule has 1 aromatic rings.